The molecular weight excluding hydrogens is 667 g/mol. The van der Waals surface area contributed by atoms with Crippen molar-refractivity contribution in [3.8, 4) is 28.5 Å². The summed E-state index contributed by atoms with van der Waals surface area (Å²) in [6, 6.07) is 17.4. The number of oxazole rings is 2. The van der Waals surface area contributed by atoms with Crippen LogP contribution in [-0.2, 0) is 27.8 Å². The van der Waals surface area contributed by atoms with Gasteiger partial charge in [-0.1, -0.05) is 95.6 Å². The molecule has 53 heavy (non-hydrogen) atoms. The number of hydrogen-bond donors (Lipinski definition) is 3. The van der Waals surface area contributed by atoms with E-state index in [1.807, 2.05) is 39.8 Å². The maximum atomic E-state index is 14.3. The Bertz CT molecular complexity index is 2420. The molecule has 2 amide bonds. The van der Waals surface area contributed by atoms with E-state index < -0.39 is 29.1 Å². The molecule has 5 aromatic rings. The van der Waals surface area contributed by atoms with Gasteiger partial charge in [-0.3, -0.25) is 9.59 Å². The van der Waals surface area contributed by atoms with Gasteiger partial charge in [0.25, 0.3) is 0 Å². The molecule has 0 fully saturated rings. The maximum absolute atomic E-state index is 14.3. The number of carbonyl (C=O) groups excluding carboxylic acids is 2. The number of anilines is 1. The molecule has 5 aliphatic rings. The zero-order valence-corrected chi connectivity index (χ0v) is 30.4. The highest BCUT2D eigenvalue weighted by Gasteiger charge is 2.61. The van der Waals surface area contributed by atoms with Crippen LogP contribution in [0.1, 0.15) is 98.7 Å². The number of rotatable bonds is 5. The summed E-state index contributed by atoms with van der Waals surface area (Å²) in [5.74, 6) is 1.96. The average molecular weight is 708 g/mol. The van der Waals surface area contributed by atoms with E-state index >= 15 is 0 Å². The first-order valence-corrected chi connectivity index (χ1v) is 18.7. The number of para-hydroxylation sites is 1. The van der Waals surface area contributed by atoms with E-state index in [1.54, 1.807) is 6.20 Å². The summed E-state index contributed by atoms with van der Waals surface area (Å²) in [4.78, 5) is 38.1. The van der Waals surface area contributed by atoms with Gasteiger partial charge in [-0.15, -0.1) is 0 Å². The topological polar surface area (TPSA) is 132 Å². The highest BCUT2D eigenvalue weighted by atomic mass is 16.5. The minimum atomic E-state index is -1.01. The molecule has 6 heterocycles. The van der Waals surface area contributed by atoms with E-state index in [2.05, 4.69) is 71.4 Å². The van der Waals surface area contributed by atoms with Crippen LogP contribution in [0.3, 0.4) is 0 Å². The maximum Gasteiger partial charge on any atom is 0.249 e. The van der Waals surface area contributed by atoms with Crippen LogP contribution in [0, 0.1) is 11.3 Å². The summed E-state index contributed by atoms with van der Waals surface area (Å²) in [7, 11) is 0. The molecule has 10 heteroatoms. The van der Waals surface area contributed by atoms with E-state index in [1.165, 1.54) is 5.56 Å². The van der Waals surface area contributed by atoms with Crippen LogP contribution < -0.4 is 20.7 Å². The molecule has 4 aliphatic heterocycles. The minimum Gasteiger partial charge on any atom is -0.469 e. The van der Waals surface area contributed by atoms with Crippen molar-refractivity contribution in [1.82, 2.24) is 20.6 Å². The first-order chi connectivity index (χ1) is 25.6. The molecule has 10 nitrogen and oxygen atoms in total. The zero-order chi connectivity index (χ0) is 36.4. The van der Waals surface area contributed by atoms with E-state index in [0.29, 0.717) is 41.2 Å². The number of amides is 2. The lowest BCUT2D eigenvalue weighted by Crippen LogP contribution is -2.52. The SMILES string of the molecule is CCCC(C)(C)C(=O)NC1Cc2ccc3c(c2)C24c5cccc(c5N[C@H]2O3)-c2cccc3c2C(=CC3)c2cnc(o2)-c2nc(oc24)[C@H](C(C)C)NC1=O. The normalized spacial score (nSPS) is 22.8. The fourth-order valence-electron chi connectivity index (χ4n) is 9.20. The third-order valence-electron chi connectivity index (χ3n) is 11.9. The summed E-state index contributed by atoms with van der Waals surface area (Å²) < 4.78 is 20.6. The van der Waals surface area contributed by atoms with Crippen molar-refractivity contribution in [2.24, 2.45) is 11.3 Å². The molecule has 4 atom stereocenters. The lowest BCUT2D eigenvalue weighted by Gasteiger charge is -2.30. The summed E-state index contributed by atoms with van der Waals surface area (Å²) in [6.45, 7) is 9.94. The predicted octanol–water partition coefficient (Wildman–Crippen LogP) is 7.46. The fraction of sp³-hybridized carbons (Fsp3) is 0.349. The number of allylic oxidation sites excluding steroid dienone is 1. The van der Waals surface area contributed by atoms with Crippen LogP contribution in [0.25, 0.3) is 28.3 Å². The van der Waals surface area contributed by atoms with Crippen molar-refractivity contribution < 1.29 is 23.2 Å². The first-order valence-electron chi connectivity index (χ1n) is 18.7. The Labute approximate surface area is 307 Å². The number of fused-ring (bicyclic) bond motifs is 7. The Kier molecular flexibility index (Phi) is 6.76. The number of nitrogens with one attached hydrogen (secondary N) is 3. The minimum absolute atomic E-state index is 0.116. The Hall–Kier alpha value is -5.64. The number of aromatic nitrogens is 2. The Morgan fingerprint density at radius 3 is 2.72 bits per heavy atom. The van der Waals surface area contributed by atoms with E-state index in [0.717, 1.165) is 57.5 Å². The molecule has 2 unspecified atom stereocenters. The molecule has 3 aromatic carbocycles. The van der Waals surface area contributed by atoms with Crippen molar-refractivity contribution in [3.63, 3.8) is 0 Å². The van der Waals surface area contributed by atoms with Gasteiger partial charge in [0.15, 0.2) is 23.4 Å². The number of nitrogens with zero attached hydrogens (tertiary/aromatic N) is 2. The number of benzene rings is 3. The van der Waals surface area contributed by atoms with Crippen molar-refractivity contribution in [1.29, 1.82) is 0 Å². The third kappa shape index (κ3) is 4.44. The van der Waals surface area contributed by atoms with Gasteiger partial charge in [0.1, 0.15) is 23.2 Å². The summed E-state index contributed by atoms with van der Waals surface area (Å²) in [5, 5.41) is 10.2. The van der Waals surface area contributed by atoms with Crippen LogP contribution in [0.5, 0.6) is 5.75 Å². The van der Waals surface area contributed by atoms with Crippen molar-refractivity contribution in [2.75, 3.05) is 5.32 Å². The number of carbonyl (C=O) groups is 2. The molecule has 3 N–H and O–H groups in total. The summed E-state index contributed by atoms with van der Waals surface area (Å²) in [6.07, 6.45) is 6.00. The van der Waals surface area contributed by atoms with Crippen molar-refractivity contribution >= 4 is 23.1 Å². The lowest BCUT2D eigenvalue weighted by molar-refractivity contribution is -0.134. The van der Waals surface area contributed by atoms with E-state index in [9.17, 15) is 9.59 Å². The van der Waals surface area contributed by atoms with Gasteiger partial charge >= 0.3 is 0 Å². The van der Waals surface area contributed by atoms with Crippen LogP contribution in [0.4, 0.5) is 5.69 Å². The van der Waals surface area contributed by atoms with Crippen LogP contribution in [-0.4, -0.2) is 34.1 Å². The second kappa shape index (κ2) is 11.2. The third-order valence-corrected chi connectivity index (χ3v) is 11.9. The highest BCUT2D eigenvalue weighted by molar-refractivity contribution is 5.97. The Morgan fingerprint density at radius 1 is 1.06 bits per heavy atom. The van der Waals surface area contributed by atoms with Gasteiger partial charge in [0, 0.05) is 39.8 Å². The molecule has 0 saturated heterocycles. The summed E-state index contributed by atoms with van der Waals surface area (Å²) in [5.41, 5.74) is 8.01. The number of hydrogen-bond acceptors (Lipinski definition) is 8. The molecule has 2 aromatic heterocycles. The van der Waals surface area contributed by atoms with Crippen LogP contribution in [0.15, 0.2) is 75.7 Å². The van der Waals surface area contributed by atoms with Gasteiger partial charge < -0.3 is 29.5 Å². The number of ether oxygens (including phenoxy) is 1. The molecule has 0 saturated carbocycles. The smallest absolute Gasteiger partial charge is 0.249 e. The van der Waals surface area contributed by atoms with E-state index in [4.69, 9.17) is 23.5 Å². The largest absolute Gasteiger partial charge is 0.469 e. The summed E-state index contributed by atoms with van der Waals surface area (Å²) >= 11 is 0. The first kappa shape index (κ1) is 32.0. The van der Waals surface area contributed by atoms with Crippen molar-refractivity contribution in [2.45, 2.75) is 84.0 Å². The van der Waals surface area contributed by atoms with Gasteiger partial charge in [-0.2, -0.15) is 0 Å². The molecule has 1 aliphatic carbocycles. The predicted molar refractivity (Wildman–Crippen MR) is 199 cm³/mol. The van der Waals surface area contributed by atoms with Crippen molar-refractivity contribution in [3.05, 3.63) is 112 Å². The standard InChI is InChI=1S/C43H41N5O5/c1-6-17-42(4,5)40(50)45-29-19-22-13-16-30-28(18-22)43-27-12-8-11-25(34(27)48-41(43)52-30)24-10-7-9-23-14-15-26(32(23)24)31-20-44-38(51-31)35-36(43)53-39(47-35)33(21(2)3)46-37(29)49/h7-13,15-16,18,20-21,29,33,41,48H,6,14,17,19H2,1-5H3,(H,45,50)(H,46,49)/t29?,33-,41-,43?/m0/s1. The molecule has 268 valence electrons. The van der Waals surface area contributed by atoms with E-state index in [-0.39, 0.29) is 24.2 Å². The molecular formula is C43H41N5O5. The Morgan fingerprint density at radius 2 is 1.89 bits per heavy atom. The molecule has 10 rings (SSSR count). The van der Waals surface area contributed by atoms with Crippen LogP contribution >= 0.6 is 0 Å². The quantitative estimate of drug-likeness (QED) is 0.172. The molecule has 1 spiro atoms. The van der Waals surface area contributed by atoms with Gasteiger partial charge in [-0.25, -0.2) is 9.97 Å². The molecule has 10 bridgehead atoms. The molecule has 0 radical (unpaired) electrons. The second-order valence-electron chi connectivity index (χ2n) is 16.0. The zero-order valence-electron chi connectivity index (χ0n) is 30.4. The van der Waals surface area contributed by atoms with Gasteiger partial charge in [0.05, 0.1) is 6.20 Å². The lowest BCUT2D eigenvalue weighted by atomic mass is 9.72. The van der Waals surface area contributed by atoms with Gasteiger partial charge in [-0.05, 0) is 47.1 Å². The Balaban J connectivity index is 1.26. The highest BCUT2D eigenvalue weighted by Crippen LogP contribution is 2.61. The fourth-order valence-corrected chi connectivity index (χ4v) is 9.20. The van der Waals surface area contributed by atoms with Crippen LogP contribution in [0.2, 0.25) is 0 Å². The average Bonchev–Trinajstić information content (AvgIpc) is 3.96. The van der Waals surface area contributed by atoms with Gasteiger partial charge in [0.2, 0.25) is 23.6 Å². The second-order valence-corrected chi connectivity index (χ2v) is 16.0. The monoisotopic (exact) mass is 707 g/mol.